The second kappa shape index (κ2) is 5.82. The van der Waals surface area contributed by atoms with Crippen LogP contribution in [-0.2, 0) is 14.8 Å². The van der Waals surface area contributed by atoms with Gasteiger partial charge in [-0.1, -0.05) is 6.92 Å². The summed E-state index contributed by atoms with van der Waals surface area (Å²) >= 11 is 0. The number of piperidine rings is 1. The van der Waals surface area contributed by atoms with Crippen LogP contribution in [0.3, 0.4) is 0 Å². The summed E-state index contributed by atoms with van der Waals surface area (Å²) < 4.78 is 30.4. The van der Waals surface area contributed by atoms with Crippen LogP contribution in [0.4, 0.5) is 0 Å². The minimum atomic E-state index is -3.01. The molecule has 0 amide bonds. The monoisotopic (exact) mass is 235 g/mol. The Labute approximate surface area is 92.7 Å². The zero-order valence-electron chi connectivity index (χ0n) is 9.61. The van der Waals surface area contributed by atoms with E-state index in [9.17, 15) is 8.42 Å². The van der Waals surface area contributed by atoms with Crippen LogP contribution < -0.4 is 0 Å². The van der Waals surface area contributed by atoms with Crippen LogP contribution in [0, 0.1) is 5.92 Å². The normalized spacial score (nSPS) is 24.3. The zero-order valence-corrected chi connectivity index (χ0v) is 10.4. The van der Waals surface area contributed by atoms with Crippen molar-refractivity contribution in [2.75, 3.05) is 32.6 Å². The molecule has 1 saturated heterocycles. The molecule has 1 unspecified atom stereocenters. The molecule has 1 rings (SSSR count). The maximum Gasteiger partial charge on any atom is 0.214 e. The highest BCUT2D eigenvalue weighted by Crippen LogP contribution is 2.19. The van der Waals surface area contributed by atoms with E-state index in [4.69, 9.17) is 4.74 Å². The average molecular weight is 235 g/mol. The van der Waals surface area contributed by atoms with Gasteiger partial charge in [0, 0.05) is 20.2 Å². The molecular formula is C10H21NO3S. The standard InChI is InChI=1S/C10H21NO3S/c1-3-7-15(12,13)11-6-4-5-10(8-11)9-14-2/h10H,3-9H2,1-2H3. The predicted octanol–water partition coefficient (Wildman–Crippen LogP) is 1.08. The van der Waals surface area contributed by atoms with Gasteiger partial charge in [-0.15, -0.1) is 0 Å². The first-order valence-electron chi connectivity index (χ1n) is 5.57. The summed E-state index contributed by atoms with van der Waals surface area (Å²) in [4.78, 5) is 0. The molecule has 0 aromatic rings. The summed E-state index contributed by atoms with van der Waals surface area (Å²) in [6.07, 6.45) is 2.72. The Hall–Kier alpha value is -0.130. The Morgan fingerprint density at radius 3 is 2.80 bits per heavy atom. The van der Waals surface area contributed by atoms with Gasteiger partial charge in [0.05, 0.1) is 12.4 Å². The van der Waals surface area contributed by atoms with Crippen LogP contribution in [0.15, 0.2) is 0 Å². The van der Waals surface area contributed by atoms with Crippen LogP contribution >= 0.6 is 0 Å². The van der Waals surface area contributed by atoms with Crippen molar-refractivity contribution in [2.45, 2.75) is 26.2 Å². The number of nitrogens with zero attached hydrogens (tertiary/aromatic N) is 1. The molecule has 0 aliphatic carbocycles. The number of hydrogen-bond donors (Lipinski definition) is 0. The van der Waals surface area contributed by atoms with Crippen LogP contribution in [-0.4, -0.2) is 45.3 Å². The minimum absolute atomic E-state index is 0.271. The Morgan fingerprint density at radius 1 is 1.47 bits per heavy atom. The van der Waals surface area contributed by atoms with Crippen molar-refractivity contribution in [3.8, 4) is 0 Å². The molecule has 0 saturated carbocycles. The van der Waals surface area contributed by atoms with Crippen LogP contribution in [0.25, 0.3) is 0 Å². The third kappa shape index (κ3) is 3.74. The van der Waals surface area contributed by atoms with E-state index in [0.29, 0.717) is 32.0 Å². The van der Waals surface area contributed by atoms with Gasteiger partial charge in [-0.05, 0) is 25.2 Å². The first-order valence-corrected chi connectivity index (χ1v) is 7.17. The Balaban J connectivity index is 2.55. The molecule has 15 heavy (non-hydrogen) atoms. The average Bonchev–Trinajstić information content (AvgIpc) is 2.19. The zero-order chi connectivity index (χ0) is 11.3. The van der Waals surface area contributed by atoms with E-state index in [1.807, 2.05) is 6.92 Å². The van der Waals surface area contributed by atoms with Crippen LogP contribution in [0.2, 0.25) is 0 Å². The summed E-state index contributed by atoms with van der Waals surface area (Å²) in [6, 6.07) is 0. The van der Waals surface area contributed by atoms with Crippen molar-refractivity contribution in [1.82, 2.24) is 4.31 Å². The van der Waals surface area contributed by atoms with Crippen molar-refractivity contribution in [3.05, 3.63) is 0 Å². The lowest BCUT2D eigenvalue weighted by Gasteiger charge is -2.31. The number of ether oxygens (including phenoxy) is 1. The second-order valence-corrected chi connectivity index (χ2v) is 6.23. The van der Waals surface area contributed by atoms with Gasteiger partial charge in [0.15, 0.2) is 0 Å². The highest BCUT2D eigenvalue weighted by molar-refractivity contribution is 7.89. The van der Waals surface area contributed by atoms with Gasteiger partial charge in [-0.25, -0.2) is 12.7 Å². The lowest BCUT2D eigenvalue weighted by atomic mass is 10.0. The Bertz CT molecular complexity index is 274. The van der Waals surface area contributed by atoms with Gasteiger partial charge >= 0.3 is 0 Å². The number of hydrogen-bond acceptors (Lipinski definition) is 3. The molecule has 0 bridgehead atoms. The lowest BCUT2D eigenvalue weighted by Crippen LogP contribution is -2.42. The number of methoxy groups -OCH3 is 1. The molecular weight excluding hydrogens is 214 g/mol. The number of rotatable bonds is 5. The molecule has 4 nitrogen and oxygen atoms in total. The first-order chi connectivity index (χ1) is 7.10. The molecule has 1 heterocycles. The van der Waals surface area contributed by atoms with E-state index in [0.717, 1.165) is 12.8 Å². The quantitative estimate of drug-likeness (QED) is 0.716. The van der Waals surface area contributed by atoms with E-state index in [2.05, 4.69) is 0 Å². The Kier molecular flexibility index (Phi) is 5.02. The number of sulfonamides is 1. The van der Waals surface area contributed by atoms with Crippen molar-refractivity contribution in [2.24, 2.45) is 5.92 Å². The molecule has 0 aromatic carbocycles. The van der Waals surface area contributed by atoms with Crippen LogP contribution in [0.5, 0.6) is 0 Å². The van der Waals surface area contributed by atoms with Gasteiger partial charge in [0.1, 0.15) is 0 Å². The van der Waals surface area contributed by atoms with E-state index < -0.39 is 10.0 Å². The van der Waals surface area contributed by atoms with Gasteiger partial charge in [0.25, 0.3) is 0 Å². The van der Waals surface area contributed by atoms with Crippen molar-refractivity contribution in [1.29, 1.82) is 0 Å². The predicted molar refractivity (Wildman–Crippen MR) is 60.3 cm³/mol. The summed E-state index contributed by atoms with van der Waals surface area (Å²) in [6.45, 7) is 3.88. The molecule has 1 fully saturated rings. The molecule has 0 N–H and O–H groups in total. The molecule has 0 spiro atoms. The summed E-state index contributed by atoms with van der Waals surface area (Å²) in [7, 11) is -1.34. The van der Waals surface area contributed by atoms with E-state index in [1.165, 1.54) is 0 Å². The molecule has 1 aliphatic rings. The topological polar surface area (TPSA) is 46.6 Å². The minimum Gasteiger partial charge on any atom is -0.384 e. The summed E-state index contributed by atoms with van der Waals surface area (Å²) in [5, 5.41) is 0. The maximum atomic E-state index is 11.8. The highest BCUT2D eigenvalue weighted by Gasteiger charge is 2.27. The van der Waals surface area contributed by atoms with E-state index in [-0.39, 0.29) is 5.75 Å². The first kappa shape index (κ1) is 12.9. The fourth-order valence-corrected chi connectivity index (χ4v) is 3.66. The molecule has 90 valence electrons. The Morgan fingerprint density at radius 2 is 2.20 bits per heavy atom. The van der Waals surface area contributed by atoms with Gasteiger partial charge < -0.3 is 4.74 Å². The van der Waals surface area contributed by atoms with Crippen LogP contribution in [0.1, 0.15) is 26.2 Å². The van der Waals surface area contributed by atoms with E-state index in [1.54, 1.807) is 11.4 Å². The fraction of sp³-hybridized carbons (Fsp3) is 1.00. The molecule has 0 radical (unpaired) electrons. The third-order valence-corrected chi connectivity index (χ3v) is 4.78. The van der Waals surface area contributed by atoms with Crippen molar-refractivity contribution >= 4 is 10.0 Å². The summed E-state index contributed by atoms with van der Waals surface area (Å²) in [5.74, 6) is 0.641. The molecule has 5 heteroatoms. The molecule has 1 aliphatic heterocycles. The molecule has 1 atom stereocenters. The van der Waals surface area contributed by atoms with Gasteiger partial charge in [-0.3, -0.25) is 0 Å². The smallest absolute Gasteiger partial charge is 0.214 e. The highest BCUT2D eigenvalue weighted by atomic mass is 32.2. The SMILES string of the molecule is CCCS(=O)(=O)N1CCCC(COC)C1. The maximum absolute atomic E-state index is 11.8. The van der Waals surface area contributed by atoms with Gasteiger partial charge in [-0.2, -0.15) is 0 Å². The largest absolute Gasteiger partial charge is 0.384 e. The van der Waals surface area contributed by atoms with Crippen molar-refractivity contribution < 1.29 is 13.2 Å². The third-order valence-electron chi connectivity index (χ3n) is 2.74. The molecule has 0 aromatic heterocycles. The lowest BCUT2D eigenvalue weighted by molar-refractivity contribution is 0.118. The second-order valence-electron chi connectivity index (χ2n) is 4.14. The summed E-state index contributed by atoms with van der Waals surface area (Å²) in [5.41, 5.74) is 0. The van der Waals surface area contributed by atoms with Gasteiger partial charge in [0.2, 0.25) is 10.0 Å². The van der Waals surface area contributed by atoms with Crippen molar-refractivity contribution in [3.63, 3.8) is 0 Å². The fourth-order valence-electron chi connectivity index (χ4n) is 2.04. The van der Waals surface area contributed by atoms with E-state index >= 15 is 0 Å².